The first-order valence-corrected chi connectivity index (χ1v) is 11.5. The summed E-state index contributed by atoms with van der Waals surface area (Å²) < 4.78 is 6.12. The normalized spacial score (nSPS) is 11.1. The minimum absolute atomic E-state index is 0.515. The van der Waals surface area contributed by atoms with Gasteiger partial charge in [-0.15, -0.1) is 11.8 Å². The lowest BCUT2D eigenvalue weighted by atomic mass is 10.1. The Kier molecular flexibility index (Phi) is 7.26. The fourth-order valence-electron chi connectivity index (χ4n) is 3.45. The number of ether oxygens (including phenoxy) is 1. The van der Waals surface area contributed by atoms with Crippen LogP contribution in [0.5, 0.6) is 5.75 Å². The van der Waals surface area contributed by atoms with Crippen LogP contribution in [0.15, 0.2) is 102 Å². The van der Waals surface area contributed by atoms with Crippen LogP contribution in [0.3, 0.4) is 0 Å². The van der Waals surface area contributed by atoms with Gasteiger partial charge in [-0.1, -0.05) is 72.8 Å². The summed E-state index contributed by atoms with van der Waals surface area (Å²) in [5, 5.41) is 11.5. The van der Waals surface area contributed by atoms with E-state index < -0.39 is 5.97 Å². The van der Waals surface area contributed by atoms with E-state index in [4.69, 9.17) is 9.84 Å². The van der Waals surface area contributed by atoms with Crippen LogP contribution < -0.4 is 4.74 Å². The third-order valence-electron chi connectivity index (χ3n) is 5.09. The molecule has 32 heavy (non-hydrogen) atoms. The van der Waals surface area contributed by atoms with E-state index in [0.717, 1.165) is 29.4 Å². The molecule has 0 radical (unpaired) electrons. The van der Waals surface area contributed by atoms with Gasteiger partial charge in [-0.3, -0.25) is 0 Å². The lowest BCUT2D eigenvalue weighted by Crippen LogP contribution is -2.03. The van der Waals surface area contributed by atoms with Gasteiger partial charge in [-0.05, 0) is 46.2 Å². The summed E-state index contributed by atoms with van der Waals surface area (Å²) in [4.78, 5) is 12.2. The number of carboxylic acid groups (broad SMARTS) is 1. The SMILES string of the molecule is O=C(O)/C=C/c1ccc(CSc2ccccc2)cc1OCCc1ccc2ccccc2c1. The van der Waals surface area contributed by atoms with E-state index in [9.17, 15) is 4.79 Å². The van der Waals surface area contributed by atoms with Gasteiger partial charge in [0, 0.05) is 28.7 Å². The molecule has 0 fully saturated rings. The van der Waals surface area contributed by atoms with Crippen molar-refractivity contribution >= 4 is 34.6 Å². The Hall–Kier alpha value is -3.50. The van der Waals surface area contributed by atoms with Crippen molar-refractivity contribution in [2.75, 3.05) is 6.61 Å². The number of carboxylic acids is 1. The van der Waals surface area contributed by atoms with E-state index in [0.29, 0.717) is 12.4 Å². The van der Waals surface area contributed by atoms with E-state index in [1.807, 2.05) is 48.5 Å². The smallest absolute Gasteiger partial charge is 0.328 e. The Morgan fingerprint density at radius 3 is 2.41 bits per heavy atom. The second kappa shape index (κ2) is 10.7. The van der Waals surface area contributed by atoms with Crippen LogP contribution in [0.1, 0.15) is 16.7 Å². The molecule has 0 aliphatic carbocycles. The highest BCUT2D eigenvalue weighted by molar-refractivity contribution is 7.98. The second-order valence-electron chi connectivity index (χ2n) is 7.43. The van der Waals surface area contributed by atoms with Crippen molar-refractivity contribution in [1.82, 2.24) is 0 Å². The van der Waals surface area contributed by atoms with Gasteiger partial charge in [0.1, 0.15) is 5.75 Å². The summed E-state index contributed by atoms with van der Waals surface area (Å²) in [5.74, 6) is 0.541. The molecule has 4 rings (SSSR count). The van der Waals surface area contributed by atoms with Gasteiger partial charge < -0.3 is 9.84 Å². The zero-order valence-electron chi connectivity index (χ0n) is 17.6. The molecule has 0 heterocycles. The molecular weight excluding hydrogens is 416 g/mol. The van der Waals surface area contributed by atoms with Crippen LogP contribution in [-0.4, -0.2) is 17.7 Å². The molecule has 4 aromatic rings. The van der Waals surface area contributed by atoms with E-state index in [2.05, 4.69) is 42.5 Å². The average molecular weight is 441 g/mol. The first-order chi connectivity index (χ1) is 15.7. The standard InChI is InChI=1S/C28H24O3S/c29-28(30)15-14-24-13-11-22(20-32-26-8-2-1-3-9-26)19-27(24)31-17-16-21-10-12-23-6-4-5-7-25(23)18-21/h1-15,18-19H,16-17,20H2,(H,29,30)/b15-14+. The molecule has 0 aliphatic heterocycles. The average Bonchev–Trinajstić information content (AvgIpc) is 2.82. The Labute approximate surface area is 192 Å². The molecule has 0 aromatic heterocycles. The maximum absolute atomic E-state index is 11.0. The van der Waals surface area contributed by atoms with Crippen molar-refractivity contribution < 1.29 is 14.6 Å². The number of hydrogen-bond acceptors (Lipinski definition) is 3. The van der Waals surface area contributed by atoms with Gasteiger partial charge in [0.25, 0.3) is 0 Å². The molecule has 4 heteroatoms. The van der Waals surface area contributed by atoms with Gasteiger partial charge in [-0.2, -0.15) is 0 Å². The Morgan fingerprint density at radius 2 is 1.59 bits per heavy atom. The highest BCUT2D eigenvalue weighted by Crippen LogP contribution is 2.28. The Morgan fingerprint density at radius 1 is 0.844 bits per heavy atom. The first kappa shape index (κ1) is 21.7. The largest absolute Gasteiger partial charge is 0.493 e. The summed E-state index contributed by atoms with van der Waals surface area (Å²) >= 11 is 1.76. The zero-order chi connectivity index (χ0) is 22.2. The third kappa shape index (κ3) is 6.02. The van der Waals surface area contributed by atoms with E-state index in [-0.39, 0.29) is 0 Å². The van der Waals surface area contributed by atoms with Crippen molar-refractivity contribution in [1.29, 1.82) is 0 Å². The maximum atomic E-state index is 11.0. The van der Waals surface area contributed by atoms with Crippen LogP contribution in [0.4, 0.5) is 0 Å². The third-order valence-corrected chi connectivity index (χ3v) is 6.18. The summed E-state index contributed by atoms with van der Waals surface area (Å²) in [6.07, 6.45) is 3.50. The molecule has 3 nitrogen and oxygen atoms in total. The number of carbonyl (C=O) groups is 1. The molecule has 0 saturated heterocycles. The summed E-state index contributed by atoms with van der Waals surface area (Å²) in [6.45, 7) is 0.515. The Bertz CT molecular complexity index is 1230. The molecule has 0 saturated carbocycles. The molecule has 0 aliphatic rings. The molecule has 0 bridgehead atoms. The molecule has 160 valence electrons. The minimum atomic E-state index is -0.976. The number of aliphatic carboxylic acids is 1. The number of benzene rings is 4. The van der Waals surface area contributed by atoms with Gasteiger partial charge in [0.05, 0.1) is 6.61 Å². The maximum Gasteiger partial charge on any atom is 0.328 e. The predicted molar refractivity (Wildman–Crippen MR) is 132 cm³/mol. The predicted octanol–water partition coefficient (Wildman–Crippen LogP) is 6.85. The number of rotatable bonds is 9. The van der Waals surface area contributed by atoms with Gasteiger partial charge in [0.15, 0.2) is 0 Å². The van der Waals surface area contributed by atoms with Crippen molar-refractivity contribution in [2.24, 2.45) is 0 Å². The van der Waals surface area contributed by atoms with Crippen LogP contribution in [0, 0.1) is 0 Å². The monoisotopic (exact) mass is 440 g/mol. The molecular formula is C28H24O3S. The van der Waals surface area contributed by atoms with Crippen molar-refractivity contribution in [3.8, 4) is 5.75 Å². The van der Waals surface area contributed by atoms with Gasteiger partial charge in [-0.25, -0.2) is 4.79 Å². The highest BCUT2D eigenvalue weighted by Gasteiger charge is 2.06. The van der Waals surface area contributed by atoms with Crippen LogP contribution in [0.25, 0.3) is 16.8 Å². The van der Waals surface area contributed by atoms with Gasteiger partial charge >= 0.3 is 5.97 Å². The summed E-state index contributed by atoms with van der Waals surface area (Å²) in [5.41, 5.74) is 3.11. The molecule has 0 amide bonds. The van der Waals surface area contributed by atoms with Gasteiger partial charge in [0.2, 0.25) is 0 Å². The minimum Gasteiger partial charge on any atom is -0.493 e. The van der Waals surface area contributed by atoms with E-state index >= 15 is 0 Å². The lowest BCUT2D eigenvalue weighted by Gasteiger charge is -2.12. The van der Waals surface area contributed by atoms with Crippen LogP contribution in [0.2, 0.25) is 0 Å². The van der Waals surface area contributed by atoms with E-state index in [1.54, 1.807) is 17.8 Å². The summed E-state index contributed by atoms with van der Waals surface area (Å²) in [7, 11) is 0. The molecule has 1 N–H and O–H groups in total. The molecule has 0 unspecified atom stereocenters. The molecule has 0 atom stereocenters. The number of hydrogen-bond donors (Lipinski definition) is 1. The van der Waals surface area contributed by atoms with E-state index in [1.165, 1.54) is 21.2 Å². The van der Waals surface area contributed by atoms with Crippen LogP contribution in [-0.2, 0) is 17.0 Å². The highest BCUT2D eigenvalue weighted by atomic mass is 32.2. The van der Waals surface area contributed by atoms with Crippen LogP contribution >= 0.6 is 11.8 Å². The Balaban J connectivity index is 1.46. The topological polar surface area (TPSA) is 46.5 Å². The van der Waals surface area contributed by atoms with Crippen molar-refractivity contribution in [3.05, 3.63) is 114 Å². The lowest BCUT2D eigenvalue weighted by molar-refractivity contribution is -0.131. The first-order valence-electron chi connectivity index (χ1n) is 10.5. The van der Waals surface area contributed by atoms with Crippen molar-refractivity contribution in [3.63, 3.8) is 0 Å². The fraction of sp³-hybridized carbons (Fsp3) is 0.107. The zero-order valence-corrected chi connectivity index (χ0v) is 18.4. The van der Waals surface area contributed by atoms with Crippen molar-refractivity contribution in [2.45, 2.75) is 17.1 Å². The molecule has 0 spiro atoms. The fourth-order valence-corrected chi connectivity index (χ4v) is 4.31. The number of thioether (sulfide) groups is 1. The summed E-state index contributed by atoms with van der Waals surface area (Å²) in [6, 6.07) is 31.0. The second-order valence-corrected chi connectivity index (χ2v) is 8.47. The molecule has 4 aromatic carbocycles. The number of fused-ring (bicyclic) bond motifs is 1. The quantitative estimate of drug-likeness (QED) is 0.228.